The molecule has 0 fully saturated rings. The van der Waals surface area contributed by atoms with Crippen LogP contribution in [-0.2, 0) is 9.84 Å². The van der Waals surface area contributed by atoms with Crippen LogP contribution in [0.5, 0.6) is 0 Å². The van der Waals surface area contributed by atoms with Crippen LogP contribution in [0.2, 0.25) is 0 Å². The number of pyridine rings is 1. The molecule has 9 heteroatoms. The summed E-state index contributed by atoms with van der Waals surface area (Å²) in [5.74, 6) is 0.619. The third-order valence-corrected chi connectivity index (χ3v) is 5.60. The molecular formula is C18H20N6O2S. The van der Waals surface area contributed by atoms with Gasteiger partial charge in [0.25, 0.3) is 0 Å². The van der Waals surface area contributed by atoms with E-state index in [1.165, 1.54) is 6.26 Å². The fourth-order valence-corrected chi connectivity index (χ4v) is 3.64. The van der Waals surface area contributed by atoms with Gasteiger partial charge in [-0.2, -0.15) is 10.2 Å². The monoisotopic (exact) mass is 384 g/mol. The first kappa shape index (κ1) is 17.5. The van der Waals surface area contributed by atoms with E-state index in [1.54, 1.807) is 24.4 Å². The van der Waals surface area contributed by atoms with Crippen LogP contribution >= 0.6 is 0 Å². The molecule has 3 aromatic heterocycles. The van der Waals surface area contributed by atoms with E-state index >= 15 is 0 Å². The molecule has 2 N–H and O–H groups in total. The van der Waals surface area contributed by atoms with E-state index in [2.05, 4.69) is 39.4 Å². The average Bonchev–Trinajstić information content (AvgIpc) is 3.21. The number of fused-ring (bicyclic) bond motifs is 3. The van der Waals surface area contributed by atoms with Gasteiger partial charge in [-0.1, -0.05) is 0 Å². The average molecular weight is 384 g/mol. The van der Waals surface area contributed by atoms with Crippen LogP contribution in [0, 0.1) is 6.92 Å². The highest BCUT2D eigenvalue weighted by atomic mass is 32.2. The zero-order chi connectivity index (χ0) is 19.3. The fraction of sp³-hybridized carbons (Fsp3) is 0.278. The lowest BCUT2D eigenvalue weighted by Gasteiger charge is -2.09. The van der Waals surface area contributed by atoms with Crippen molar-refractivity contribution in [1.82, 2.24) is 25.0 Å². The minimum atomic E-state index is -3.30. The number of nitrogens with one attached hydrogen (secondary N) is 2. The molecule has 8 nitrogen and oxygen atoms in total. The van der Waals surface area contributed by atoms with Crippen LogP contribution < -0.4 is 5.32 Å². The molecule has 27 heavy (non-hydrogen) atoms. The van der Waals surface area contributed by atoms with Crippen LogP contribution in [0.15, 0.2) is 35.5 Å². The van der Waals surface area contributed by atoms with Crippen molar-refractivity contribution in [3.8, 4) is 0 Å². The maximum atomic E-state index is 11.9. The molecule has 4 rings (SSSR count). The number of hydrogen-bond donors (Lipinski definition) is 2. The first-order valence-electron chi connectivity index (χ1n) is 8.53. The van der Waals surface area contributed by atoms with Gasteiger partial charge >= 0.3 is 0 Å². The number of nitrogens with zero attached hydrogens (tertiary/aromatic N) is 4. The van der Waals surface area contributed by atoms with Crippen molar-refractivity contribution in [2.75, 3.05) is 11.6 Å². The highest BCUT2D eigenvalue weighted by molar-refractivity contribution is 7.90. The van der Waals surface area contributed by atoms with Crippen molar-refractivity contribution in [1.29, 1.82) is 0 Å². The Kier molecular flexibility index (Phi) is 3.92. The number of anilines is 2. The van der Waals surface area contributed by atoms with E-state index in [4.69, 9.17) is 0 Å². The zero-order valence-corrected chi connectivity index (χ0v) is 16.3. The fourth-order valence-electron chi connectivity index (χ4n) is 2.99. The van der Waals surface area contributed by atoms with Gasteiger partial charge in [0, 0.05) is 29.3 Å². The van der Waals surface area contributed by atoms with Crippen molar-refractivity contribution < 1.29 is 8.42 Å². The number of aryl methyl sites for hydroxylation is 1. The quantitative estimate of drug-likeness (QED) is 0.559. The molecule has 0 aliphatic heterocycles. The molecule has 0 saturated carbocycles. The molecule has 0 radical (unpaired) electrons. The van der Waals surface area contributed by atoms with E-state index in [0.29, 0.717) is 16.9 Å². The molecule has 0 spiro atoms. The van der Waals surface area contributed by atoms with Gasteiger partial charge in [-0.15, -0.1) is 0 Å². The molecule has 1 aromatic carbocycles. The molecule has 4 aromatic rings. The molecule has 0 aliphatic carbocycles. The summed E-state index contributed by atoms with van der Waals surface area (Å²) in [6.45, 7) is 6.07. The number of sulfone groups is 1. The first-order chi connectivity index (χ1) is 12.7. The Morgan fingerprint density at radius 2 is 2.00 bits per heavy atom. The predicted octanol–water partition coefficient (Wildman–Crippen LogP) is 3.34. The third-order valence-electron chi connectivity index (χ3n) is 4.49. The summed E-state index contributed by atoms with van der Waals surface area (Å²) < 4.78 is 25.7. The van der Waals surface area contributed by atoms with Crippen molar-refractivity contribution in [3.05, 3.63) is 36.3 Å². The second kappa shape index (κ2) is 6.05. The topological polar surface area (TPSA) is 106 Å². The zero-order valence-electron chi connectivity index (χ0n) is 15.5. The Morgan fingerprint density at radius 3 is 2.67 bits per heavy atom. The molecular weight excluding hydrogens is 364 g/mol. The molecule has 0 unspecified atom stereocenters. The van der Waals surface area contributed by atoms with Gasteiger partial charge in [-0.25, -0.2) is 13.4 Å². The van der Waals surface area contributed by atoms with E-state index in [1.807, 2.05) is 17.8 Å². The lowest BCUT2D eigenvalue weighted by Crippen LogP contribution is -2.00. The van der Waals surface area contributed by atoms with Crippen LogP contribution in [0.3, 0.4) is 0 Å². The smallest absolute Gasteiger partial charge is 0.175 e. The lowest BCUT2D eigenvalue weighted by atomic mass is 10.1. The molecule has 0 saturated heterocycles. The van der Waals surface area contributed by atoms with Gasteiger partial charge in [0.15, 0.2) is 15.7 Å². The molecule has 140 valence electrons. The minimum Gasteiger partial charge on any atom is -0.336 e. The molecule has 0 amide bonds. The Balaban J connectivity index is 1.88. The number of rotatable bonds is 4. The van der Waals surface area contributed by atoms with Gasteiger partial charge in [-0.3, -0.25) is 9.78 Å². The minimum absolute atomic E-state index is 0.255. The second-order valence-corrected chi connectivity index (χ2v) is 8.91. The molecule has 0 aliphatic rings. The van der Waals surface area contributed by atoms with Crippen molar-refractivity contribution in [2.45, 2.75) is 31.7 Å². The summed E-state index contributed by atoms with van der Waals surface area (Å²) in [7, 11) is -3.30. The van der Waals surface area contributed by atoms with Crippen molar-refractivity contribution >= 4 is 43.1 Å². The number of aromatic amines is 1. The summed E-state index contributed by atoms with van der Waals surface area (Å²) in [6.07, 6.45) is 4.82. The lowest BCUT2D eigenvalue weighted by molar-refractivity contribution is 0.529. The SMILES string of the molecule is Cc1nn(C(C)C)cc1Nc1nc2ccc(S(C)(=O)=O)cc2c2cn[nH]c12. The van der Waals surface area contributed by atoms with Gasteiger partial charge < -0.3 is 5.32 Å². The summed E-state index contributed by atoms with van der Waals surface area (Å²) in [6, 6.07) is 5.18. The summed E-state index contributed by atoms with van der Waals surface area (Å²) in [5.41, 5.74) is 3.13. The highest BCUT2D eigenvalue weighted by Gasteiger charge is 2.16. The number of aromatic nitrogens is 5. The summed E-state index contributed by atoms with van der Waals surface area (Å²) >= 11 is 0. The maximum absolute atomic E-state index is 11.9. The van der Waals surface area contributed by atoms with Crippen molar-refractivity contribution in [2.24, 2.45) is 0 Å². The standard InChI is InChI=1S/C18H20N6O2S/c1-10(2)24-9-16(11(3)23-24)21-18-17-14(8-19-22-17)13-7-12(27(4,25)26)5-6-15(13)20-18/h5-10H,1-4H3,(H,19,22)(H,20,21). The summed E-state index contributed by atoms with van der Waals surface area (Å²) in [5, 5.41) is 16.5. The summed E-state index contributed by atoms with van der Waals surface area (Å²) in [4.78, 5) is 4.93. The van der Waals surface area contributed by atoms with Gasteiger partial charge in [-0.05, 0) is 39.0 Å². The largest absolute Gasteiger partial charge is 0.336 e. The molecule has 0 atom stereocenters. The van der Waals surface area contributed by atoms with Gasteiger partial charge in [0.05, 0.1) is 28.0 Å². The maximum Gasteiger partial charge on any atom is 0.175 e. The Morgan fingerprint density at radius 1 is 1.22 bits per heavy atom. The molecule has 3 heterocycles. The Bertz CT molecular complexity index is 1270. The van der Waals surface area contributed by atoms with Crippen LogP contribution in [0.25, 0.3) is 21.8 Å². The molecule has 0 bridgehead atoms. The second-order valence-electron chi connectivity index (χ2n) is 6.90. The predicted molar refractivity (Wildman–Crippen MR) is 105 cm³/mol. The van der Waals surface area contributed by atoms with Gasteiger partial charge in [0.1, 0.15) is 5.52 Å². The number of hydrogen-bond acceptors (Lipinski definition) is 6. The van der Waals surface area contributed by atoms with E-state index in [0.717, 1.165) is 22.2 Å². The van der Waals surface area contributed by atoms with Gasteiger partial charge in [0.2, 0.25) is 0 Å². The van der Waals surface area contributed by atoms with E-state index < -0.39 is 9.84 Å². The third kappa shape index (κ3) is 3.03. The number of H-pyrrole nitrogens is 1. The number of benzene rings is 1. The van der Waals surface area contributed by atoms with E-state index in [-0.39, 0.29) is 10.9 Å². The van der Waals surface area contributed by atoms with Crippen LogP contribution in [-0.4, -0.2) is 39.6 Å². The van der Waals surface area contributed by atoms with Crippen molar-refractivity contribution in [3.63, 3.8) is 0 Å². The Hall–Kier alpha value is -2.94. The van der Waals surface area contributed by atoms with Crippen LogP contribution in [0.1, 0.15) is 25.6 Å². The Labute approximate surface area is 156 Å². The first-order valence-corrected chi connectivity index (χ1v) is 10.4. The normalized spacial score (nSPS) is 12.3. The highest BCUT2D eigenvalue weighted by Crippen LogP contribution is 2.31. The van der Waals surface area contributed by atoms with Crippen LogP contribution in [0.4, 0.5) is 11.5 Å². The van der Waals surface area contributed by atoms with E-state index in [9.17, 15) is 8.42 Å².